The first-order chi connectivity index (χ1) is 16.5. The fraction of sp³-hybridized carbons (Fsp3) is 0.241. The van der Waals surface area contributed by atoms with Crippen LogP contribution in [0.25, 0.3) is 22.2 Å². The summed E-state index contributed by atoms with van der Waals surface area (Å²) in [6, 6.07) is 24.0. The number of aryl methyl sites for hydroxylation is 1. The van der Waals surface area contributed by atoms with E-state index in [4.69, 9.17) is 9.72 Å². The van der Waals surface area contributed by atoms with Crippen LogP contribution < -0.4 is 9.64 Å². The lowest BCUT2D eigenvalue weighted by Gasteiger charge is -2.37. The van der Waals surface area contributed by atoms with Crippen LogP contribution in [-0.2, 0) is 0 Å². The predicted octanol–water partition coefficient (Wildman–Crippen LogP) is 5.49. The first-order valence-corrected chi connectivity index (χ1v) is 11.7. The molecule has 172 valence electrons. The Hall–Kier alpha value is -3.86. The summed E-state index contributed by atoms with van der Waals surface area (Å²) in [6.45, 7) is 7.34. The fourth-order valence-electron chi connectivity index (χ4n) is 4.68. The molecule has 0 aliphatic carbocycles. The molecule has 0 atom stereocenters. The van der Waals surface area contributed by atoms with Gasteiger partial charge in [0.25, 0.3) is 5.91 Å². The molecule has 1 aromatic heterocycles. The molecule has 1 saturated heterocycles. The van der Waals surface area contributed by atoms with E-state index in [9.17, 15) is 4.79 Å². The number of nitrogens with zero attached hydrogens (tertiary/aromatic N) is 3. The van der Waals surface area contributed by atoms with E-state index in [-0.39, 0.29) is 5.91 Å². The number of ether oxygens (including phenoxy) is 1. The number of carbonyl (C=O) groups excluding carboxylic acids is 1. The molecule has 1 amide bonds. The molecule has 5 rings (SSSR count). The van der Waals surface area contributed by atoms with Crippen molar-refractivity contribution < 1.29 is 9.53 Å². The summed E-state index contributed by atoms with van der Waals surface area (Å²) in [5.74, 6) is 0.825. The van der Waals surface area contributed by atoms with Crippen molar-refractivity contribution in [2.45, 2.75) is 13.8 Å². The molecule has 1 fully saturated rings. The minimum absolute atomic E-state index is 0.0587. The quantitative estimate of drug-likeness (QED) is 0.412. The van der Waals surface area contributed by atoms with E-state index < -0.39 is 0 Å². The van der Waals surface area contributed by atoms with Gasteiger partial charge in [-0.05, 0) is 55.3 Å². The highest BCUT2D eigenvalue weighted by Gasteiger charge is 2.25. The third-order valence-corrected chi connectivity index (χ3v) is 6.80. The summed E-state index contributed by atoms with van der Waals surface area (Å²) in [7, 11) is 1.65. The van der Waals surface area contributed by atoms with Crippen molar-refractivity contribution in [1.29, 1.82) is 0 Å². The standard InChI is InChI=1S/C29H29N3O2/c1-20-8-6-13-28(21(20)2)31-14-16-32(17-15-31)29(33)25-19-27(22-9-7-10-23(18-22)34-3)30-26-12-5-4-11-24(25)26/h4-13,18-19H,14-17H2,1-3H3. The van der Waals surface area contributed by atoms with Crippen LogP contribution in [-0.4, -0.2) is 49.1 Å². The van der Waals surface area contributed by atoms with Crippen molar-refractivity contribution in [2.75, 3.05) is 38.2 Å². The van der Waals surface area contributed by atoms with E-state index in [0.29, 0.717) is 18.7 Å². The van der Waals surface area contributed by atoms with Crippen LogP contribution in [0.3, 0.4) is 0 Å². The highest BCUT2D eigenvalue weighted by atomic mass is 16.5. The highest BCUT2D eigenvalue weighted by molar-refractivity contribution is 6.07. The zero-order valence-corrected chi connectivity index (χ0v) is 19.9. The molecule has 2 heterocycles. The molecule has 0 unspecified atom stereocenters. The number of anilines is 1. The van der Waals surface area contributed by atoms with Gasteiger partial charge in [0.2, 0.25) is 0 Å². The summed E-state index contributed by atoms with van der Waals surface area (Å²) in [6.07, 6.45) is 0. The average Bonchev–Trinajstić information content (AvgIpc) is 2.89. The zero-order valence-electron chi connectivity index (χ0n) is 19.9. The molecule has 0 spiro atoms. The lowest BCUT2D eigenvalue weighted by Crippen LogP contribution is -2.49. The van der Waals surface area contributed by atoms with Gasteiger partial charge in [0.05, 0.1) is 23.9 Å². The van der Waals surface area contributed by atoms with Gasteiger partial charge >= 0.3 is 0 Å². The van der Waals surface area contributed by atoms with Crippen molar-refractivity contribution in [3.05, 3.63) is 89.5 Å². The Morgan fingerprint density at radius 1 is 0.882 bits per heavy atom. The van der Waals surface area contributed by atoms with E-state index in [2.05, 4.69) is 36.9 Å². The number of fused-ring (bicyclic) bond motifs is 1. The van der Waals surface area contributed by atoms with Gasteiger partial charge in [-0.15, -0.1) is 0 Å². The molecule has 0 N–H and O–H groups in total. The second kappa shape index (κ2) is 9.18. The van der Waals surface area contributed by atoms with Crippen molar-refractivity contribution in [3.63, 3.8) is 0 Å². The van der Waals surface area contributed by atoms with Gasteiger partial charge < -0.3 is 14.5 Å². The van der Waals surface area contributed by atoms with Crippen LogP contribution in [0.1, 0.15) is 21.5 Å². The lowest BCUT2D eigenvalue weighted by molar-refractivity contribution is 0.0748. The van der Waals surface area contributed by atoms with Gasteiger partial charge in [-0.2, -0.15) is 0 Å². The van der Waals surface area contributed by atoms with Crippen molar-refractivity contribution in [3.8, 4) is 17.0 Å². The Morgan fingerprint density at radius 2 is 1.65 bits per heavy atom. The summed E-state index contributed by atoms with van der Waals surface area (Å²) in [4.78, 5) is 22.9. The van der Waals surface area contributed by atoms with Gasteiger partial charge in [0.15, 0.2) is 0 Å². The van der Waals surface area contributed by atoms with Crippen LogP contribution in [0.4, 0.5) is 5.69 Å². The number of aromatic nitrogens is 1. The second-order valence-corrected chi connectivity index (χ2v) is 8.80. The molecule has 34 heavy (non-hydrogen) atoms. The maximum atomic E-state index is 13.7. The summed E-state index contributed by atoms with van der Waals surface area (Å²) >= 11 is 0. The van der Waals surface area contributed by atoms with Gasteiger partial charge in [0, 0.05) is 42.8 Å². The van der Waals surface area contributed by atoms with E-state index >= 15 is 0 Å². The van der Waals surface area contributed by atoms with Crippen molar-refractivity contribution >= 4 is 22.5 Å². The molecule has 0 bridgehead atoms. The third kappa shape index (κ3) is 4.10. The first-order valence-electron chi connectivity index (χ1n) is 11.7. The number of carbonyl (C=O) groups is 1. The van der Waals surface area contributed by atoms with E-state index in [0.717, 1.165) is 41.0 Å². The normalized spacial score (nSPS) is 13.9. The number of benzene rings is 3. The van der Waals surface area contributed by atoms with Crippen LogP contribution >= 0.6 is 0 Å². The van der Waals surface area contributed by atoms with Crippen molar-refractivity contribution in [1.82, 2.24) is 9.88 Å². The Bertz CT molecular complexity index is 1360. The van der Waals surface area contributed by atoms with Crippen LogP contribution in [0.15, 0.2) is 72.8 Å². The third-order valence-electron chi connectivity index (χ3n) is 6.80. The highest BCUT2D eigenvalue weighted by Crippen LogP contribution is 2.29. The van der Waals surface area contributed by atoms with Crippen LogP contribution in [0.2, 0.25) is 0 Å². The number of hydrogen-bond donors (Lipinski definition) is 0. The molecule has 0 radical (unpaired) electrons. The van der Waals surface area contributed by atoms with Gasteiger partial charge in [0.1, 0.15) is 5.75 Å². The molecule has 5 heteroatoms. The molecule has 1 aliphatic rings. The second-order valence-electron chi connectivity index (χ2n) is 8.80. The molecule has 4 aromatic rings. The monoisotopic (exact) mass is 451 g/mol. The molecule has 3 aromatic carbocycles. The van der Waals surface area contributed by atoms with E-state index in [1.807, 2.05) is 59.5 Å². The topological polar surface area (TPSA) is 45.7 Å². The van der Waals surface area contributed by atoms with Crippen LogP contribution in [0, 0.1) is 13.8 Å². The molecule has 1 aliphatic heterocycles. The number of methoxy groups -OCH3 is 1. The zero-order chi connectivity index (χ0) is 23.7. The largest absolute Gasteiger partial charge is 0.497 e. The van der Waals surface area contributed by atoms with Crippen molar-refractivity contribution in [2.24, 2.45) is 0 Å². The van der Waals surface area contributed by atoms with E-state index in [1.54, 1.807) is 7.11 Å². The number of piperazine rings is 1. The number of amides is 1. The minimum Gasteiger partial charge on any atom is -0.497 e. The minimum atomic E-state index is 0.0587. The number of para-hydroxylation sites is 1. The average molecular weight is 452 g/mol. The fourth-order valence-corrected chi connectivity index (χ4v) is 4.68. The Labute approximate surface area is 200 Å². The Kier molecular flexibility index (Phi) is 5.93. The maximum absolute atomic E-state index is 13.7. The van der Waals surface area contributed by atoms with Crippen LogP contribution in [0.5, 0.6) is 5.75 Å². The molecular weight excluding hydrogens is 422 g/mol. The Morgan fingerprint density at radius 3 is 2.44 bits per heavy atom. The SMILES string of the molecule is COc1cccc(-c2cc(C(=O)N3CCN(c4cccc(C)c4C)CC3)c3ccccc3n2)c1. The van der Waals surface area contributed by atoms with E-state index in [1.165, 1.54) is 16.8 Å². The smallest absolute Gasteiger partial charge is 0.254 e. The summed E-state index contributed by atoms with van der Waals surface area (Å²) in [5, 5.41) is 0.885. The Balaban J connectivity index is 1.44. The number of pyridine rings is 1. The van der Waals surface area contributed by atoms with Gasteiger partial charge in [-0.1, -0.05) is 42.5 Å². The predicted molar refractivity (Wildman–Crippen MR) is 138 cm³/mol. The summed E-state index contributed by atoms with van der Waals surface area (Å²) < 4.78 is 5.39. The number of rotatable bonds is 4. The first kappa shape index (κ1) is 22.0. The molecule has 0 saturated carbocycles. The van der Waals surface area contributed by atoms with Gasteiger partial charge in [-0.3, -0.25) is 4.79 Å². The maximum Gasteiger partial charge on any atom is 0.254 e. The molecule has 5 nitrogen and oxygen atoms in total. The summed E-state index contributed by atoms with van der Waals surface area (Å²) in [5.41, 5.74) is 7.09. The molecular formula is C29H29N3O2. The van der Waals surface area contributed by atoms with Gasteiger partial charge in [-0.25, -0.2) is 4.98 Å². The lowest BCUT2D eigenvalue weighted by atomic mass is 10.0. The number of hydrogen-bond acceptors (Lipinski definition) is 4.